The molecule has 0 aromatic heterocycles. The highest BCUT2D eigenvalue weighted by Gasteiger charge is 2.31. The smallest absolute Gasteiger partial charge is 0.490 e. The lowest BCUT2D eigenvalue weighted by atomic mass is 10.2. The number of alkyl halides is 3. The Morgan fingerprint density at radius 1 is 0.938 bits per heavy atom. The van der Waals surface area contributed by atoms with E-state index in [9.17, 15) is 18.0 Å². The predicted octanol–water partition coefficient (Wildman–Crippen LogP) is 7.22. The summed E-state index contributed by atoms with van der Waals surface area (Å²) in [4.78, 5) is 11.9. The molecule has 5 nitrogen and oxygen atoms in total. The molecule has 0 aliphatic carbocycles. The largest absolute Gasteiger partial charge is 0.573 e. The molecule has 0 aliphatic heterocycles. The Hall–Kier alpha value is -2.00. The highest BCUT2D eigenvalue weighted by Crippen LogP contribution is 2.37. The second-order valence-electron chi connectivity index (χ2n) is 5.93. The molecule has 2 rings (SSSR count). The average molecular weight is 534 g/mol. The van der Waals surface area contributed by atoms with Crippen LogP contribution >= 0.6 is 46.4 Å². The van der Waals surface area contributed by atoms with Crippen LogP contribution < -0.4 is 14.2 Å². The van der Waals surface area contributed by atoms with Gasteiger partial charge in [0.05, 0.1) is 28.8 Å². The van der Waals surface area contributed by atoms with Gasteiger partial charge in [-0.1, -0.05) is 46.4 Å². The van der Waals surface area contributed by atoms with Crippen molar-refractivity contribution in [2.24, 2.45) is 0 Å². The molecule has 0 spiro atoms. The van der Waals surface area contributed by atoms with Gasteiger partial charge in [0.1, 0.15) is 22.6 Å². The fourth-order valence-corrected chi connectivity index (χ4v) is 2.93. The molecule has 174 valence electrons. The third-order valence-electron chi connectivity index (χ3n) is 3.55. The summed E-state index contributed by atoms with van der Waals surface area (Å²) >= 11 is 23.3. The van der Waals surface area contributed by atoms with E-state index in [1.165, 1.54) is 30.3 Å². The Morgan fingerprint density at radius 3 is 2.12 bits per heavy atom. The van der Waals surface area contributed by atoms with Crippen molar-refractivity contribution in [3.05, 3.63) is 62.6 Å². The second-order valence-corrected chi connectivity index (χ2v) is 7.75. The number of hydrogen-bond acceptors (Lipinski definition) is 5. The highest BCUT2D eigenvalue weighted by atomic mass is 35.5. The summed E-state index contributed by atoms with van der Waals surface area (Å²) in [6, 6.07) is 7.38. The maximum absolute atomic E-state index is 12.1. The highest BCUT2D eigenvalue weighted by molar-refractivity contribution is 6.55. The molecule has 2 aromatic carbocycles. The first-order valence-electron chi connectivity index (χ1n) is 8.84. The van der Waals surface area contributed by atoms with E-state index in [-0.39, 0.29) is 45.7 Å². The molecule has 0 aliphatic rings. The van der Waals surface area contributed by atoms with Crippen LogP contribution in [0.3, 0.4) is 0 Å². The molecule has 0 saturated heterocycles. The number of ether oxygens (including phenoxy) is 4. The van der Waals surface area contributed by atoms with E-state index in [4.69, 9.17) is 60.6 Å². The normalized spacial score (nSPS) is 11.0. The SMILES string of the molecule is O=C(OCCCOc1c(Cl)cc(OCC=C(Cl)Cl)cc1Cl)c1ccc(OC(F)(F)F)cc1. The van der Waals surface area contributed by atoms with Crippen molar-refractivity contribution >= 4 is 52.4 Å². The zero-order valence-corrected chi connectivity index (χ0v) is 19.1. The van der Waals surface area contributed by atoms with E-state index >= 15 is 0 Å². The fourth-order valence-electron chi connectivity index (χ4n) is 2.23. The first-order valence-corrected chi connectivity index (χ1v) is 10.3. The predicted molar refractivity (Wildman–Crippen MR) is 115 cm³/mol. The third-order valence-corrected chi connectivity index (χ3v) is 4.42. The van der Waals surface area contributed by atoms with Crippen molar-refractivity contribution in [1.82, 2.24) is 0 Å². The van der Waals surface area contributed by atoms with Gasteiger partial charge in [0, 0.05) is 18.6 Å². The standard InChI is InChI=1S/C20H15Cl4F3O5/c21-15-10-14(29-9-6-17(23)24)11-16(22)18(15)30-7-1-8-31-19(28)12-2-4-13(5-3-12)32-20(25,26)27/h2-6,10-11H,1,7-9H2. The van der Waals surface area contributed by atoms with Crippen LogP contribution in [-0.4, -0.2) is 32.2 Å². The van der Waals surface area contributed by atoms with Crippen molar-refractivity contribution in [3.63, 3.8) is 0 Å². The van der Waals surface area contributed by atoms with Crippen molar-refractivity contribution < 1.29 is 36.9 Å². The lowest BCUT2D eigenvalue weighted by Gasteiger charge is -2.12. The van der Waals surface area contributed by atoms with Gasteiger partial charge in [-0.3, -0.25) is 0 Å². The Bertz CT molecular complexity index is 922. The first-order chi connectivity index (χ1) is 15.0. The van der Waals surface area contributed by atoms with Crippen molar-refractivity contribution in [1.29, 1.82) is 0 Å². The average Bonchev–Trinajstić information content (AvgIpc) is 2.68. The molecule has 0 saturated carbocycles. The monoisotopic (exact) mass is 532 g/mol. The minimum atomic E-state index is -4.81. The first kappa shape index (κ1) is 26.3. The Labute approximate surface area is 201 Å². The van der Waals surface area contributed by atoms with Crippen LogP contribution in [0.1, 0.15) is 16.8 Å². The van der Waals surface area contributed by atoms with E-state index in [2.05, 4.69) is 4.74 Å². The molecule has 0 radical (unpaired) electrons. The maximum atomic E-state index is 12.1. The second kappa shape index (κ2) is 12.3. The Balaban J connectivity index is 1.77. The maximum Gasteiger partial charge on any atom is 0.573 e. The van der Waals surface area contributed by atoms with Crippen LogP contribution in [0.15, 0.2) is 47.0 Å². The van der Waals surface area contributed by atoms with Gasteiger partial charge in [0.25, 0.3) is 0 Å². The molecule has 12 heteroatoms. The van der Waals surface area contributed by atoms with Gasteiger partial charge in [-0.15, -0.1) is 13.2 Å². The minimum absolute atomic E-state index is 0.00158. The lowest BCUT2D eigenvalue weighted by molar-refractivity contribution is -0.274. The molecule has 0 fully saturated rings. The van der Waals surface area contributed by atoms with E-state index in [0.29, 0.717) is 12.2 Å². The zero-order chi connectivity index (χ0) is 23.7. The molecule has 0 bridgehead atoms. The summed E-state index contributed by atoms with van der Waals surface area (Å²) < 4.78 is 56.2. The number of carbonyl (C=O) groups excluding carboxylic acids is 1. The van der Waals surface area contributed by atoms with E-state index in [0.717, 1.165) is 12.1 Å². The Morgan fingerprint density at radius 2 is 1.56 bits per heavy atom. The van der Waals surface area contributed by atoms with Crippen molar-refractivity contribution in [3.8, 4) is 17.2 Å². The molecule has 0 atom stereocenters. The van der Waals surface area contributed by atoms with Crippen molar-refractivity contribution in [2.45, 2.75) is 12.8 Å². The van der Waals surface area contributed by atoms with Crippen LogP contribution in [-0.2, 0) is 4.74 Å². The summed E-state index contributed by atoms with van der Waals surface area (Å²) in [6.07, 6.45) is -3.05. The van der Waals surface area contributed by atoms with Gasteiger partial charge in [-0.05, 0) is 30.3 Å². The molecule has 0 amide bonds. The zero-order valence-electron chi connectivity index (χ0n) is 16.1. The van der Waals surface area contributed by atoms with Crippen LogP contribution in [0, 0.1) is 0 Å². The van der Waals surface area contributed by atoms with Gasteiger partial charge in [-0.2, -0.15) is 0 Å². The number of benzene rings is 2. The van der Waals surface area contributed by atoms with Crippen molar-refractivity contribution in [2.75, 3.05) is 19.8 Å². The molecule has 0 N–H and O–H groups in total. The topological polar surface area (TPSA) is 54.0 Å². The van der Waals surface area contributed by atoms with E-state index in [1.807, 2.05) is 0 Å². The summed E-state index contributed by atoms with van der Waals surface area (Å²) in [7, 11) is 0. The molecule has 0 heterocycles. The van der Waals surface area contributed by atoms with Crippen LogP contribution in [0.5, 0.6) is 17.2 Å². The molecular weight excluding hydrogens is 519 g/mol. The summed E-state index contributed by atoms with van der Waals surface area (Å²) in [5.74, 6) is -0.517. The molecule has 2 aromatic rings. The Kier molecular flexibility index (Phi) is 10.1. The number of esters is 1. The number of rotatable bonds is 10. The summed E-state index contributed by atoms with van der Waals surface area (Å²) in [5, 5.41) is 0.429. The van der Waals surface area contributed by atoms with Gasteiger partial charge in [0.15, 0.2) is 5.75 Å². The van der Waals surface area contributed by atoms with Crippen LogP contribution in [0.2, 0.25) is 10.0 Å². The van der Waals surface area contributed by atoms with Crippen LogP contribution in [0.4, 0.5) is 13.2 Å². The molecular formula is C20H15Cl4F3O5. The van der Waals surface area contributed by atoms with Gasteiger partial charge in [-0.25, -0.2) is 4.79 Å². The quantitative estimate of drug-likeness (QED) is 0.238. The summed E-state index contributed by atoms with van der Waals surface area (Å²) in [6.45, 7) is 0.260. The van der Waals surface area contributed by atoms with Gasteiger partial charge in [0.2, 0.25) is 0 Å². The third kappa shape index (κ3) is 9.24. The minimum Gasteiger partial charge on any atom is -0.490 e. The van der Waals surface area contributed by atoms with E-state index in [1.54, 1.807) is 0 Å². The van der Waals surface area contributed by atoms with Gasteiger partial charge >= 0.3 is 12.3 Å². The van der Waals surface area contributed by atoms with E-state index < -0.39 is 18.1 Å². The van der Waals surface area contributed by atoms with Crippen LogP contribution in [0.25, 0.3) is 0 Å². The number of carbonyl (C=O) groups is 1. The fraction of sp³-hybridized carbons (Fsp3) is 0.250. The molecule has 0 unspecified atom stereocenters. The lowest BCUT2D eigenvalue weighted by Crippen LogP contribution is -2.17. The van der Waals surface area contributed by atoms with Gasteiger partial charge < -0.3 is 18.9 Å². The summed E-state index contributed by atoms with van der Waals surface area (Å²) in [5.41, 5.74) is 0.0763. The number of hydrogen-bond donors (Lipinski definition) is 0. The number of halogens is 7. The molecule has 32 heavy (non-hydrogen) atoms.